The summed E-state index contributed by atoms with van der Waals surface area (Å²) in [6, 6.07) is 7.37. The second kappa shape index (κ2) is 10.9. The minimum absolute atomic E-state index is 0.0323. The van der Waals surface area contributed by atoms with Gasteiger partial charge in [0.15, 0.2) is 11.6 Å². The number of piperazine rings is 1. The van der Waals surface area contributed by atoms with Crippen molar-refractivity contribution in [2.24, 2.45) is 5.92 Å². The molecule has 5 heterocycles. The molecule has 1 amide bonds. The Morgan fingerprint density at radius 1 is 1.22 bits per heavy atom. The molecule has 4 fully saturated rings. The van der Waals surface area contributed by atoms with E-state index in [1.165, 1.54) is 16.0 Å². The molecule has 0 spiro atoms. The fourth-order valence-corrected chi connectivity index (χ4v) is 8.46. The number of nitrogens with zero attached hydrogens (tertiary/aromatic N) is 7. The van der Waals surface area contributed by atoms with Gasteiger partial charge in [-0.3, -0.25) is 14.7 Å². The number of carbonyl (C=O) groups excluding carboxylic acids is 1. The molecule has 1 saturated carbocycles. The Morgan fingerprint density at radius 2 is 2.09 bits per heavy atom. The van der Waals surface area contributed by atoms with Crippen molar-refractivity contribution >= 4 is 22.6 Å². The second-order valence-corrected chi connectivity index (χ2v) is 13.4. The van der Waals surface area contributed by atoms with Gasteiger partial charge in [0.1, 0.15) is 29.8 Å². The number of fused-ring (bicyclic) bond motifs is 5. The van der Waals surface area contributed by atoms with E-state index in [0.29, 0.717) is 36.0 Å². The number of ether oxygens (including phenoxy) is 1. The highest BCUT2D eigenvalue weighted by atomic mass is 19.1. The van der Waals surface area contributed by atoms with E-state index in [4.69, 9.17) is 9.72 Å². The summed E-state index contributed by atoms with van der Waals surface area (Å²) in [6.45, 7) is 4.98. The lowest BCUT2D eigenvalue weighted by atomic mass is 9.95. The summed E-state index contributed by atoms with van der Waals surface area (Å²) in [4.78, 5) is 31.7. The summed E-state index contributed by atoms with van der Waals surface area (Å²) in [5, 5.41) is 9.86. The molecule has 3 saturated heterocycles. The number of anilines is 1. The fraction of sp³-hybridized carbons (Fsp3) is 0.500. The van der Waals surface area contributed by atoms with Crippen LogP contribution in [0.5, 0.6) is 6.01 Å². The number of hydrogen-bond acceptors (Lipinski definition) is 8. The van der Waals surface area contributed by atoms with Crippen molar-refractivity contribution in [3.05, 3.63) is 53.7 Å². The highest BCUT2D eigenvalue weighted by molar-refractivity contribution is 5.93. The van der Waals surface area contributed by atoms with E-state index in [9.17, 15) is 18.8 Å². The Kier molecular flexibility index (Phi) is 6.94. The molecule has 0 N–H and O–H groups in total. The molecule has 9 nitrogen and oxygen atoms in total. The molecular weight excluding hydrogens is 595 g/mol. The topological polar surface area (TPSA) is 98.5 Å². The van der Waals surface area contributed by atoms with Crippen LogP contribution in [-0.2, 0) is 11.2 Å². The number of benzene rings is 1. The fourth-order valence-electron chi connectivity index (χ4n) is 8.46. The van der Waals surface area contributed by atoms with Gasteiger partial charge in [0.25, 0.3) is 5.91 Å². The average molecular weight is 630 g/mol. The van der Waals surface area contributed by atoms with Crippen molar-refractivity contribution in [1.29, 1.82) is 5.26 Å². The van der Waals surface area contributed by atoms with E-state index in [0.717, 1.165) is 37.8 Å². The maximum Gasteiger partial charge on any atom is 0.319 e. The van der Waals surface area contributed by atoms with Gasteiger partial charge in [-0.25, -0.2) is 13.2 Å². The van der Waals surface area contributed by atoms with Crippen LogP contribution in [0.3, 0.4) is 0 Å². The third-order valence-corrected chi connectivity index (χ3v) is 10.7. The van der Waals surface area contributed by atoms with Crippen LogP contribution < -0.4 is 9.64 Å². The number of nitriles is 1. The quantitative estimate of drug-likeness (QED) is 0.342. The summed E-state index contributed by atoms with van der Waals surface area (Å²) in [7, 11) is 0. The van der Waals surface area contributed by atoms with Crippen molar-refractivity contribution in [3.63, 3.8) is 0 Å². The normalized spacial score (nSPS) is 28.1. The first-order valence-corrected chi connectivity index (χ1v) is 16.0. The molecule has 0 bridgehead atoms. The number of halogens is 3. The number of carbonyl (C=O) groups is 1. The molecule has 0 unspecified atom stereocenters. The molecule has 2 aromatic heterocycles. The van der Waals surface area contributed by atoms with E-state index < -0.39 is 35.3 Å². The summed E-state index contributed by atoms with van der Waals surface area (Å²) in [5.41, 5.74) is 3.00. The number of pyridine rings is 1. The summed E-state index contributed by atoms with van der Waals surface area (Å²) in [6.07, 6.45) is 4.82. The molecule has 5 atom stereocenters. The van der Waals surface area contributed by atoms with E-state index in [1.807, 2.05) is 17.0 Å². The molecule has 1 aromatic carbocycles. The zero-order valence-corrected chi connectivity index (χ0v) is 25.4. The summed E-state index contributed by atoms with van der Waals surface area (Å²) in [5.74, 6) is -1.13. The molecule has 46 heavy (non-hydrogen) atoms. The zero-order valence-electron chi connectivity index (χ0n) is 25.4. The van der Waals surface area contributed by atoms with Crippen molar-refractivity contribution in [3.8, 4) is 23.3 Å². The zero-order chi connectivity index (χ0) is 31.7. The smallest absolute Gasteiger partial charge is 0.319 e. The number of rotatable bonds is 7. The van der Waals surface area contributed by atoms with Gasteiger partial charge in [-0.1, -0.05) is 24.8 Å². The van der Waals surface area contributed by atoms with E-state index in [1.54, 1.807) is 6.20 Å². The second-order valence-electron chi connectivity index (χ2n) is 13.4. The standard InChI is InChI=1S/C34H34F3N7O2/c1-19(35)32(45)44-11-10-42(17-23(44)6-8-38)31-26-15-39-29(24-5-2-4-20-12-21-13-25(21)27(20)24)28(37)30(26)40-33(41-31)46-18-34-7-3-9-43(34)16-22(36)14-34/h2,4-5,15,21-23,25H,1,3,6-7,9-14,16-18H2/t21-,22-,23+,25+,34+/m1/s1. The molecule has 3 aliphatic heterocycles. The third-order valence-electron chi connectivity index (χ3n) is 10.7. The van der Waals surface area contributed by atoms with Gasteiger partial charge < -0.3 is 14.5 Å². The maximum atomic E-state index is 16.7. The molecule has 238 valence electrons. The molecule has 8 rings (SSSR count). The largest absolute Gasteiger partial charge is 0.461 e. The SMILES string of the molecule is C=C(F)C(=O)N1CCN(c2nc(OC[C@@]34CCCN3C[C@H](F)C4)nc3c(F)c(-c4cccc5c4[C@H]4C[C@H]4C5)ncc23)C[C@@H]1CC#N. The Labute approximate surface area is 264 Å². The van der Waals surface area contributed by atoms with Gasteiger partial charge in [-0.15, -0.1) is 0 Å². The molecule has 2 aliphatic carbocycles. The summed E-state index contributed by atoms with van der Waals surface area (Å²) >= 11 is 0. The van der Waals surface area contributed by atoms with Gasteiger partial charge in [-0.2, -0.15) is 15.2 Å². The highest BCUT2D eigenvalue weighted by Gasteiger charge is 2.50. The Hall–Kier alpha value is -4.24. The predicted molar refractivity (Wildman–Crippen MR) is 164 cm³/mol. The first-order valence-electron chi connectivity index (χ1n) is 16.0. The number of hydrogen-bond donors (Lipinski definition) is 0. The van der Waals surface area contributed by atoms with Crippen molar-refractivity contribution in [1.82, 2.24) is 24.8 Å². The van der Waals surface area contributed by atoms with Crippen LogP contribution in [0.4, 0.5) is 19.0 Å². The van der Waals surface area contributed by atoms with Crippen LogP contribution in [0.25, 0.3) is 22.2 Å². The molecular formula is C34H34F3N7O2. The van der Waals surface area contributed by atoms with Gasteiger partial charge >= 0.3 is 6.01 Å². The monoisotopic (exact) mass is 629 g/mol. The average Bonchev–Trinajstić information content (AvgIpc) is 3.37. The lowest BCUT2D eigenvalue weighted by Gasteiger charge is -2.41. The number of alkyl halides is 1. The van der Waals surface area contributed by atoms with Crippen molar-refractivity contribution < 1.29 is 22.7 Å². The number of amides is 1. The van der Waals surface area contributed by atoms with Crippen LogP contribution in [0.2, 0.25) is 0 Å². The Balaban J connectivity index is 1.20. The summed E-state index contributed by atoms with van der Waals surface area (Å²) < 4.78 is 51.3. The van der Waals surface area contributed by atoms with Gasteiger partial charge in [0, 0.05) is 44.4 Å². The molecule has 3 aromatic rings. The van der Waals surface area contributed by atoms with Crippen LogP contribution >= 0.6 is 0 Å². The maximum absolute atomic E-state index is 16.7. The molecule has 5 aliphatic rings. The van der Waals surface area contributed by atoms with Crippen LogP contribution in [0.1, 0.15) is 49.1 Å². The predicted octanol–water partition coefficient (Wildman–Crippen LogP) is 4.86. The minimum Gasteiger partial charge on any atom is -0.461 e. The lowest BCUT2D eigenvalue weighted by Crippen LogP contribution is -2.55. The first kappa shape index (κ1) is 29.2. The van der Waals surface area contributed by atoms with E-state index in [2.05, 4.69) is 33.6 Å². The number of aromatic nitrogens is 3. The first-order chi connectivity index (χ1) is 22.3. The highest BCUT2D eigenvalue weighted by Crippen LogP contribution is 2.58. The lowest BCUT2D eigenvalue weighted by molar-refractivity contribution is -0.131. The van der Waals surface area contributed by atoms with Crippen LogP contribution in [0, 0.1) is 23.1 Å². The molecule has 0 radical (unpaired) electrons. The Bertz CT molecular complexity index is 1810. The minimum atomic E-state index is -1.09. The Morgan fingerprint density at radius 3 is 2.91 bits per heavy atom. The van der Waals surface area contributed by atoms with Gasteiger partial charge in [0.05, 0.1) is 29.5 Å². The van der Waals surface area contributed by atoms with E-state index >= 15 is 4.39 Å². The molecule has 12 heteroatoms. The van der Waals surface area contributed by atoms with Gasteiger partial charge in [-0.05, 0) is 55.2 Å². The third kappa shape index (κ3) is 4.70. The van der Waals surface area contributed by atoms with Crippen LogP contribution in [0.15, 0.2) is 36.8 Å². The van der Waals surface area contributed by atoms with Crippen molar-refractivity contribution in [2.75, 3.05) is 44.2 Å². The van der Waals surface area contributed by atoms with Crippen LogP contribution in [-0.4, -0.2) is 87.7 Å². The van der Waals surface area contributed by atoms with Crippen molar-refractivity contribution in [2.45, 2.75) is 62.2 Å². The van der Waals surface area contributed by atoms with Gasteiger partial charge in [0.2, 0.25) is 0 Å². The van der Waals surface area contributed by atoms with E-state index in [-0.39, 0.29) is 49.9 Å².